The number of rotatable bonds is 6. The van der Waals surface area contributed by atoms with E-state index in [0.29, 0.717) is 6.42 Å². The monoisotopic (exact) mass is 355 g/mol. The Kier molecular flexibility index (Phi) is 5.48. The van der Waals surface area contributed by atoms with Crippen LogP contribution in [0.2, 0.25) is 0 Å². The van der Waals surface area contributed by atoms with E-state index in [2.05, 4.69) is 15.8 Å². The first-order valence-corrected chi connectivity index (χ1v) is 8.13. The van der Waals surface area contributed by atoms with Gasteiger partial charge >= 0.3 is 0 Å². The number of fused-ring (bicyclic) bond motifs is 1. The van der Waals surface area contributed by atoms with Crippen LogP contribution in [-0.2, 0) is 16.0 Å². The number of hydrogen-bond acceptors (Lipinski definition) is 3. The summed E-state index contributed by atoms with van der Waals surface area (Å²) in [6.45, 7) is -0.327. The zero-order chi connectivity index (χ0) is 18.4. The lowest BCUT2D eigenvalue weighted by atomic mass is 10.1. The second-order valence-electron chi connectivity index (χ2n) is 5.70. The van der Waals surface area contributed by atoms with Crippen molar-refractivity contribution in [2.24, 2.45) is 0 Å². The highest BCUT2D eigenvalue weighted by Gasteiger charge is 2.08. The van der Waals surface area contributed by atoms with E-state index in [-0.39, 0.29) is 24.7 Å². The molecule has 26 heavy (non-hydrogen) atoms. The second kappa shape index (κ2) is 8.15. The van der Waals surface area contributed by atoms with Crippen LogP contribution in [0.5, 0.6) is 5.75 Å². The Hall–Kier alpha value is -3.35. The van der Waals surface area contributed by atoms with Gasteiger partial charge in [0.15, 0.2) is 6.61 Å². The molecule has 7 heteroatoms. The minimum absolute atomic E-state index is 0.229. The maximum atomic E-state index is 13.0. The fraction of sp³-hybridized carbons (Fsp3) is 0.158. The molecule has 3 N–H and O–H groups in total. The van der Waals surface area contributed by atoms with Crippen molar-refractivity contribution in [3.05, 3.63) is 66.1 Å². The summed E-state index contributed by atoms with van der Waals surface area (Å²) in [5.41, 5.74) is 6.66. The number of H-pyrrole nitrogens is 1. The van der Waals surface area contributed by atoms with Gasteiger partial charge in [0.1, 0.15) is 11.6 Å². The maximum Gasteiger partial charge on any atom is 0.276 e. The van der Waals surface area contributed by atoms with Crippen molar-refractivity contribution in [1.29, 1.82) is 0 Å². The summed E-state index contributed by atoms with van der Waals surface area (Å²) in [5.74, 6) is -1.05. The molecule has 134 valence electrons. The van der Waals surface area contributed by atoms with Crippen molar-refractivity contribution in [3.8, 4) is 5.75 Å². The highest BCUT2D eigenvalue weighted by atomic mass is 19.1. The average Bonchev–Trinajstić information content (AvgIpc) is 3.06. The summed E-state index contributed by atoms with van der Waals surface area (Å²) in [6, 6.07) is 13.3. The molecule has 0 aliphatic heterocycles. The van der Waals surface area contributed by atoms with E-state index < -0.39 is 11.7 Å². The highest BCUT2D eigenvalue weighted by Crippen LogP contribution is 2.18. The Labute approximate surface area is 149 Å². The maximum absolute atomic E-state index is 13.0. The van der Waals surface area contributed by atoms with Crippen LogP contribution in [0.3, 0.4) is 0 Å². The molecule has 0 aliphatic rings. The molecule has 1 aromatic heterocycles. The zero-order valence-corrected chi connectivity index (χ0v) is 13.9. The number of para-hydroxylation sites is 1. The molecule has 6 nitrogen and oxygen atoms in total. The van der Waals surface area contributed by atoms with E-state index >= 15 is 0 Å². The Morgan fingerprint density at radius 1 is 1.04 bits per heavy atom. The van der Waals surface area contributed by atoms with E-state index in [0.717, 1.165) is 16.5 Å². The van der Waals surface area contributed by atoms with E-state index in [1.165, 1.54) is 24.3 Å². The minimum atomic E-state index is -0.533. The molecule has 2 aromatic carbocycles. The number of amides is 2. The predicted molar refractivity (Wildman–Crippen MR) is 94.8 cm³/mol. The molecule has 0 fully saturated rings. The lowest BCUT2D eigenvalue weighted by molar-refractivity contribution is -0.130. The Morgan fingerprint density at radius 2 is 1.85 bits per heavy atom. The third-order valence-corrected chi connectivity index (χ3v) is 3.80. The molecule has 0 saturated heterocycles. The summed E-state index contributed by atoms with van der Waals surface area (Å²) in [4.78, 5) is 26.7. The second-order valence-corrected chi connectivity index (χ2v) is 5.70. The summed E-state index contributed by atoms with van der Waals surface area (Å²) in [7, 11) is 0. The van der Waals surface area contributed by atoms with Crippen LogP contribution < -0.4 is 15.6 Å². The van der Waals surface area contributed by atoms with Crippen LogP contribution in [0.1, 0.15) is 12.0 Å². The van der Waals surface area contributed by atoms with E-state index in [1.54, 1.807) is 0 Å². The number of halogens is 1. The fourth-order valence-corrected chi connectivity index (χ4v) is 2.53. The first kappa shape index (κ1) is 17.5. The van der Waals surface area contributed by atoms with Crippen LogP contribution >= 0.6 is 0 Å². The third kappa shape index (κ3) is 4.60. The first-order chi connectivity index (χ1) is 12.6. The molecular formula is C19H18FN3O3. The summed E-state index contributed by atoms with van der Waals surface area (Å²) in [6.07, 6.45) is 2.65. The molecule has 0 bridgehead atoms. The van der Waals surface area contributed by atoms with Gasteiger partial charge in [-0.1, -0.05) is 24.3 Å². The van der Waals surface area contributed by atoms with Crippen LogP contribution in [-0.4, -0.2) is 23.4 Å². The summed E-state index contributed by atoms with van der Waals surface area (Å²) < 4.78 is 18.1. The van der Waals surface area contributed by atoms with E-state index in [9.17, 15) is 14.0 Å². The topological polar surface area (TPSA) is 83.2 Å². The number of hydrazine groups is 1. The van der Waals surface area contributed by atoms with Crippen LogP contribution in [0.15, 0.2) is 54.7 Å². The lowest BCUT2D eigenvalue weighted by Gasteiger charge is -2.08. The number of benzene rings is 2. The summed E-state index contributed by atoms with van der Waals surface area (Å²) >= 11 is 0. The molecule has 1 heterocycles. The number of aromatic amines is 1. The predicted octanol–water partition coefficient (Wildman–Crippen LogP) is 2.47. The Bertz CT molecular complexity index is 923. The van der Waals surface area contributed by atoms with Crippen LogP contribution in [0.25, 0.3) is 10.9 Å². The van der Waals surface area contributed by atoms with E-state index in [4.69, 9.17) is 4.74 Å². The van der Waals surface area contributed by atoms with Gasteiger partial charge in [-0.05, 0) is 30.2 Å². The minimum Gasteiger partial charge on any atom is -0.484 e. The molecule has 3 aromatic rings. The number of carbonyl (C=O) groups excluding carboxylic acids is 2. The SMILES string of the molecule is O=C(CCc1c[nH]c2ccccc12)NNC(=O)COc1cccc(F)c1. The normalized spacial score (nSPS) is 10.5. The van der Waals surface area contributed by atoms with Crippen molar-refractivity contribution >= 4 is 22.7 Å². The number of aromatic nitrogens is 1. The molecular weight excluding hydrogens is 337 g/mol. The quantitative estimate of drug-likeness (QED) is 0.594. The number of nitrogens with one attached hydrogen (secondary N) is 3. The van der Waals surface area contributed by atoms with Gasteiger partial charge in [-0.15, -0.1) is 0 Å². The first-order valence-electron chi connectivity index (χ1n) is 8.13. The number of ether oxygens (including phenoxy) is 1. The van der Waals surface area contributed by atoms with Gasteiger partial charge in [-0.2, -0.15) is 0 Å². The van der Waals surface area contributed by atoms with Gasteiger partial charge in [-0.25, -0.2) is 4.39 Å². The third-order valence-electron chi connectivity index (χ3n) is 3.80. The van der Waals surface area contributed by atoms with E-state index in [1.807, 2.05) is 30.5 Å². The van der Waals surface area contributed by atoms with Crippen molar-refractivity contribution in [1.82, 2.24) is 15.8 Å². The van der Waals surface area contributed by atoms with Gasteiger partial charge in [-0.3, -0.25) is 20.4 Å². The average molecular weight is 355 g/mol. The van der Waals surface area contributed by atoms with Crippen LogP contribution in [0, 0.1) is 5.82 Å². The van der Waals surface area contributed by atoms with Gasteiger partial charge in [0.2, 0.25) is 5.91 Å². The molecule has 0 unspecified atom stereocenters. The molecule has 2 amide bonds. The van der Waals surface area contributed by atoms with Gasteiger partial charge < -0.3 is 9.72 Å². The van der Waals surface area contributed by atoms with Crippen molar-refractivity contribution in [2.45, 2.75) is 12.8 Å². The molecule has 0 radical (unpaired) electrons. The molecule has 0 saturated carbocycles. The van der Waals surface area contributed by atoms with Crippen molar-refractivity contribution in [2.75, 3.05) is 6.61 Å². The standard InChI is InChI=1S/C19H18FN3O3/c20-14-4-3-5-15(10-14)26-12-19(25)23-22-18(24)9-8-13-11-21-17-7-2-1-6-16(13)17/h1-7,10-11,21H,8-9,12H2,(H,22,24)(H,23,25). The highest BCUT2D eigenvalue weighted by molar-refractivity contribution is 5.85. The Balaban J connectivity index is 1.40. The zero-order valence-electron chi connectivity index (χ0n) is 13.9. The van der Waals surface area contributed by atoms with Crippen LogP contribution in [0.4, 0.5) is 4.39 Å². The molecule has 0 atom stereocenters. The summed E-state index contributed by atoms with van der Waals surface area (Å²) in [5, 5.41) is 1.08. The number of aryl methyl sites for hydroxylation is 1. The molecule has 0 spiro atoms. The fourth-order valence-electron chi connectivity index (χ4n) is 2.53. The smallest absolute Gasteiger partial charge is 0.276 e. The molecule has 3 rings (SSSR count). The molecule has 0 aliphatic carbocycles. The Morgan fingerprint density at radius 3 is 2.69 bits per heavy atom. The van der Waals surface area contributed by atoms with Gasteiger partial charge in [0.05, 0.1) is 0 Å². The largest absolute Gasteiger partial charge is 0.484 e. The number of hydrogen-bond donors (Lipinski definition) is 3. The number of carbonyl (C=O) groups is 2. The van der Waals surface area contributed by atoms with Gasteiger partial charge in [0.25, 0.3) is 5.91 Å². The van der Waals surface area contributed by atoms with Crippen molar-refractivity contribution < 1.29 is 18.7 Å². The lowest BCUT2D eigenvalue weighted by Crippen LogP contribution is -2.43. The van der Waals surface area contributed by atoms with Crippen molar-refractivity contribution in [3.63, 3.8) is 0 Å². The van der Waals surface area contributed by atoms with Gasteiger partial charge in [0, 0.05) is 29.6 Å².